The molecule has 18 nitrogen and oxygen atoms in total. The highest BCUT2D eigenvalue weighted by Gasteiger charge is 2.49. The monoisotopic (exact) mass is 1460 g/mol. The summed E-state index contributed by atoms with van der Waals surface area (Å²) < 4.78 is 52.3. The number of benzene rings is 9. The van der Waals surface area contributed by atoms with Crippen molar-refractivity contribution in [2.45, 2.75) is 195 Å². The van der Waals surface area contributed by atoms with E-state index in [2.05, 4.69) is 83.1 Å². The Hall–Kier alpha value is -9.46. The highest BCUT2D eigenvalue weighted by molar-refractivity contribution is 6.45. The topological polar surface area (TPSA) is 202 Å². The van der Waals surface area contributed by atoms with Crippen LogP contribution in [0.2, 0.25) is 0 Å². The van der Waals surface area contributed by atoms with E-state index in [4.69, 9.17) is 37.9 Å². The Morgan fingerprint density at radius 3 is 0.731 bits per heavy atom. The van der Waals surface area contributed by atoms with Crippen LogP contribution in [0.4, 0.5) is 0 Å². The fourth-order valence-corrected chi connectivity index (χ4v) is 15.5. The molecule has 6 unspecified atom stereocenters. The summed E-state index contributed by atoms with van der Waals surface area (Å²) in [5.74, 6) is -2.68. The van der Waals surface area contributed by atoms with Crippen molar-refractivity contribution in [2.75, 3.05) is 52.6 Å². The Bertz CT molecular complexity index is 4440. The van der Waals surface area contributed by atoms with Crippen LogP contribution in [-0.4, -0.2) is 144 Å². The van der Waals surface area contributed by atoms with Crippen molar-refractivity contribution in [2.24, 2.45) is 11.8 Å². The van der Waals surface area contributed by atoms with Crippen LogP contribution in [-0.2, 0) is 50.2 Å². The first kappa shape index (κ1) is 74.0. The zero-order valence-corrected chi connectivity index (χ0v) is 65.2. The van der Waals surface area contributed by atoms with Gasteiger partial charge in [-0.15, -0.1) is 0 Å². The summed E-state index contributed by atoms with van der Waals surface area (Å²) in [5, 5.41) is 2.50. The van der Waals surface area contributed by atoms with Crippen LogP contribution in [0.15, 0.2) is 121 Å². The SMILES string of the molecule is CC(C)C(C(=O)N(CCC1CO1)CCC1CO1)N1C(=O)c2cc(Oc3ccc(C(C)(C)C)cc3)c3c4c(Oc5ccc(C(C)(C)C)cc5)cc5c6c(cc(Oc7ccc(C(C)(C)C)cc7)c(c7c(Oc8ccc(C(C)(C)C)cc8)cc(c2c37)C1=O)c64)C(=O)N(C(C(=O)N(CCC1CO1)CCC1CO1)C(C)C)C5=O. The fraction of sp³-hybridized carbons (Fsp3) is 0.444. The molecule has 108 heavy (non-hydrogen) atoms. The second-order valence-corrected chi connectivity index (χ2v) is 35.2. The number of carbonyl (C=O) groups is 6. The molecule has 6 atom stereocenters. The first-order chi connectivity index (χ1) is 51.2. The predicted molar refractivity (Wildman–Crippen MR) is 417 cm³/mol. The van der Waals surface area contributed by atoms with Gasteiger partial charge in [-0.1, -0.05) is 159 Å². The smallest absolute Gasteiger partial charge is 0.262 e. The van der Waals surface area contributed by atoms with Crippen molar-refractivity contribution < 1.29 is 66.7 Å². The van der Waals surface area contributed by atoms with Crippen LogP contribution in [0.25, 0.3) is 43.1 Å². The van der Waals surface area contributed by atoms with Gasteiger partial charge in [0, 0.05) is 69.3 Å². The molecule has 6 amide bonds. The van der Waals surface area contributed by atoms with Crippen molar-refractivity contribution in [1.29, 1.82) is 0 Å². The lowest BCUT2D eigenvalue weighted by atomic mass is 9.80. The van der Waals surface area contributed by atoms with Crippen LogP contribution in [0, 0.1) is 11.8 Å². The standard InChI is InChI=1S/C90H100N4O14/c1-49(2)79(85(99)91(37-33-59-45-101-59)38-34-60-46-102-60)93-81(95)63-41-67(105-55-25-17-51(18-26-55)87(5,6)7)73-75-69(107-57-29-21-53(22-30-57)89(11,12)13)43-65-72-66(84(98)94(83(65)97)80(50(3)4)86(100)92(39-35-61-47-103-61)40-36-62-48-104-62)44-70(108-58-31-23-54(24-32-58)90(14,15)16)76(78(72)75)74-68(42-64(82(93)96)71(63)77(73)74)106-56-27-19-52(20-28-56)88(8,9)10/h17-32,41-44,49-50,59-62,79-80H,33-40,45-48H2,1-16H3. The van der Waals surface area contributed by atoms with Gasteiger partial charge in [-0.2, -0.15) is 0 Å². The van der Waals surface area contributed by atoms with E-state index in [0.29, 0.717) is 134 Å². The number of fused-ring (bicyclic) bond motifs is 2. The summed E-state index contributed by atoms with van der Waals surface area (Å²) >= 11 is 0. The maximum absolute atomic E-state index is 16.7. The molecule has 0 N–H and O–H groups in total. The molecule has 0 aromatic heterocycles. The predicted octanol–water partition coefficient (Wildman–Crippen LogP) is 18.2. The van der Waals surface area contributed by atoms with Crippen LogP contribution < -0.4 is 18.9 Å². The molecule has 6 aliphatic rings. The van der Waals surface area contributed by atoms with Crippen LogP contribution >= 0.6 is 0 Å². The van der Waals surface area contributed by atoms with E-state index in [1.54, 1.807) is 34.1 Å². The van der Waals surface area contributed by atoms with E-state index >= 15 is 28.8 Å². The Kier molecular flexibility index (Phi) is 19.1. The molecular weight excluding hydrogens is 1360 g/mol. The molecule has 0 radical (unpaired) electrons. The minimum atomic E-state index is -1.28. The second-order valence-electron chi connectivity index (χ2n) is 35.2. The average Bonchev–Trinajstić information content (AvgIpc) is 1.61. The largest absolute Gasteiger partial charge is 0.457 e. The molecule has 4 saturated heterocycles. The Morgan fingerprint density at radius 2 is 0.556 bits per heavy atom. The number of epoxide rings is 4. The van der Waals surface area contributed by atoms with Gasteiger partial charge in [0.05, 0.1) is 73.1 Å². The number of nitrogens with zero attached hydrogens (tertiary/aromatic N) is 4. The lowest BCUT2D eigenvalue weighted by Gasteiger charge is -2.39. The van der Waals surface area contributed by atoms with E-state index in [1.807, 2.05) is 125 Å². The number of rotatable bonds is 26. The summed E-state index contributed by atoms with van der Waals surface area (Å²) in [6.07, 6.45) is 2.31. The molecule has 18 heteroatoms. The van der Waals surface area contributed by atoms with Gasteiger partial charge in [0.15, 0.2) is 0 Å². The van der Waals surface area contributed by atoms with Crippen molar-refractivity contribution >= 4 is 78.5 Å². The second kappa shape index (κ2) is 27.9. The van der Waals surface area contributed by atoms with Gasteiger partial charge in [0.1, 0.15) is 58.1 Å². The van der Waals surface area contributed by atoms with Crippen molar-refractivity contribution in [3.8, 4) is 46.0 Å². The third-order valence-electron chi connectivity index (χ3n) is 22.2. The van der Waals surface area contributed by atoms with Gasteiger partial charge < -0.3 is 47.7 Å². The molecule has 15 rings (SSSR count). The number of hydrogen-bond donors (Lipinski definition) is 0. The van der Waals surface area contributed by atoms with E-state index in [1.165, 1.54) is 0 Å². The summed E-state index contributed by atoms with van der Waals surface area (Å²) in [6.45, 7) is 36.7. The molecule has 9 aromatic carbocycles. The van der Waals surface area contributed by atoms with Gasteiger partial charge in [0.25, 0.3) is 23.6 Å². The lowest BCUT2D eigenvalue weighted by Crippen LogP contribution is -2.57. The molecule has 564 valence electrons. The van der Waals surface area contributed by atoms with E-state index in [0.717, 1.165) is 32.1 Å². The van der Waals surface area contributed by atoms with Gasteiger partial charge in [0.2, 0.25) is 11.8 Å². The molecule has 9 aromatic rings. The summed E-state index contributed by atoms with van der Waals surface area (Å²) in [7, 11) is 0. The minimum absolute atomic E-state index is 0.00201. The van der Waals surface area contributed by atoms with Gasteiger partial charge >= 0.3 is 0 Å². The van der Waals surface area contributed by atoms with Crippen molar-refractivity contribution in [3.63, 3.8) is 0 Å². The zero-order valence-electron chi connectivity index (χ0n) is 65.2. The molecule has 0 aliphatic carbocycles. The Labute approximate surface area is 632 Å². The first-order valence-electron chi connectivity index (χ1n) is 38.5. The number of amides is 6. The zero-order chi connectivity index (χ0) is 76.5. The number of imide groups is 2. The quantitative estimate of drug-likeness (QED) is 0.0214. The van der Waals surface area contributed by atoms with E-state index in [9.17, 15) is 0 Å². The normalized spacial score (nSPS) is 18.9. The molecule has 6 aliphatic heterocycles. The molecule has 6 heterocycles. The third kappa shape index (κ3) is 14.5. The number of hydrogen-bond acceptors (Lipinski definition) is 14. The Morgan fingerprint density at radius 1 is 0.352 bits per heavy atom. The lowest BCUT2D eigenvalue weighted by molar-refractivity contribution is -0.137. The van der Waals surface area contributed by atoms with Gasteiger partial charge in [-0.3, -0.25) is 38.6 Å². The summed E-state index contributed by atoms with van der Waals surface area (Å²) in [5.41, 5.74) is 3.41. The molecule has 4 fully saturated rings. The fourth-order valence-electron chi connectivity index (χ4n) is 15.5. The maximum Gasteiger partial charge on any atom is 0.262 e. The van der Waals surface area contributed by atoms with E-state index in [-0.39, 0.29) is 114 Å². The van der Waals surface area contributed by atoms with Crippen molar-refractivity contribution in [1.82, 2.24) is 19.6 Å². The molecule has 0 saturated carbocycles. The van der Waals surface area contributed by atoms with Gasteiger partial charge in [-0.25, -0.2) is 0 Å². The van der Waals surface area contributed by atoms with Crippen LogP contribution in [0.3, 0.4) is 0 Å². The number of ether oxygens (including phenoxy) is 8. The number of carbonyl (C=O) groups excluding carboxylic acids is 6. The van der Waals surface area contributed by atoms with E-state index < -0.39 is 47.5 Å². The highest BCUT2D eigenvalue weighted by Crippen LogP contribution is 2.59. The summed E-state index contributed by atoms with van der Waals surface area (Å²) in [4.78, 5) is 104. The average molecular weight is 1460 g/mol. The Balaban J connectivity index is 1.06. The summed E-state index contributed by atoms with van der Waals surface area (Å²) in [6, 6.07) is 35.1. The van der Waals surface area contributed by atoms with Crippen LogP contribution in [0.5, 0.6) is 46.0 Å². The van der Waals surface area contributed by atoms with Gasteiger partial charge in [-0.05, 0) is 154 Å². The third-order valence-corrected chi connectivity index (χ3v) is 22.2. The molecule has 0 bridgehead atoms. The minimum Gasteiger partial charge on any atom is -0.457 e. The highest BCUT2D eigenvalue weighted by atomic mass is 16.6. The van der Waals surface area contributed by atoms with Crippen LogP contribution in [0.1, 0.15) is 200 Å². The molecular formula is C90H100N4O14. The first-order valence-corrected chi connectivity index (χ1v) is 38.5. The molecule has 0 spiro atoms. The van der Waals surface area contributed by atoms with Crippen molar-refractivity contribution in [3.05, 3.63) is 166 Å². The maximum atomic E-state index is 16.7.